The Kier molecular flexibility index (Phi) is 6.44. The van der Waals surface area contributed by atoms with Gasteiger partial charge in [0.15, 0.2) is 5.13 Å². The Hall–Kier alpha value is -2.58. The molecule has 29 heavy (non-hydrogen) atoms. The standard InChI is InChI=1S/C20H17ClF3N3OS/c1-12-4-2-3-5-17(12)25-11-18(28)27-19-26-10-15(29-19)9-13-8-14(20(22,23)24)6-7-16(13)21/h2-8,10,25H,9,11H2,1H3,(H,26,27,28). The maximum atomic E-state index is 12.9. The lowest BCUT2D eigenvalue weighted by atomic mass is 10.1. The molecule has 0 aliphatic rings. The van der Waals surface area contributed by atoms with Gasteiger partial charge in [0.05, 0.1) is 12.1 Å². The van der Waals surface area contributed by atoms with Crippen molar-refractivity contribution in [1.82, 2.24) is 4.98 Å². The van der Waals surface area contributed by atoms with Crippen molar-refractivity contribution in [1.29, 1.82) is 0 Å². The van der Waals surface area contributed by atoms with E-state index in [0.717, 1.165) is 23.4 Å². The Morgan fingerprint density at radius 2 is 1.97 bits per heavy atom. The molecule has 0 atom stereocenters. The van der Waals surface area contributed by atoms with E-state index in [-0.39, 0.29) is 23.9 Å². The number of carbonyl (C=O) groups is 1. The summed E-state index contributed by atoms with van der Waals surface area (Å²) in [4.78, 5) is 16.9. The van der Waals surface area contributed by atoms with E-state index in [1.54, 1.807) is 0 Å². The van der Waals surface area contributed by atoms with Crippen molar-refractivity contribution in [3.8, 4) is 0 Å². The smallest absolute Gasteiger partial charge is 0.376 e. The molecule has 0 saturated carbocycles. The zero-order valence-corrected chi connectivity index (χ0v) is 16.9. The lowest BCUT2D eigenvalue weighted by Gasteiger charge is -2.09. The predicted octanol–water partition coefficient (Wildman–Crippen LogP) is 5.77. The summed E-state index contributed by atoms with van der Waals surface area (Å²) in [5.41, 5.74) is 1.48. The molecule has 0 fully saturated rings. The quantitative estimate of drug-likeness (QED) is 0.513. The number of thiazole rings is 1. The SMILES string of the molecule is Cc1ccccc1NCC(=O)Nc1ncc(Cc2cc(C(F)(F)F)ccc2Cl)s1. The first-order valence-corrected chi connectivity index (χ1v) is 9.81. The number of rotatable bonds is 6. The van der Waals surface area contributed by atoms with E-state index in [2.05, 4.69) is 15.6 Å². The third-order valence-electron chi connectivity index (χ3n) is 4.12. The predicted molar refractivity (Wildman–Crippen MR) is 110 cm³/mol. The molecule has 1 heterocycles. The van der Waals surface area contributed by atoms with Crippen LogP contribution < -0.4 is 10.6 Å². The summed E-state index contributed by atoms with van der Waals surface area (Å²) in [6.07, 6.45) is -2.72. The highest BCUT2D eigenvalue weighted by atomic mass is 35.5. The van der Waals surface area contributed by atoms with Gasteiger partial charge in [-0.05, 0) is 42.3 Å². The van der Waals surface area contributed by atoms with Crippen LogP contribution in [-0.4, -0.2) is 17.4 Å². The molecule has 0 spiro atoms. The first-order chi connectivity index (χ1) is 13.7. The molecule has 0 bridgehead atoms. The van der Waals surface area contributed by atoms with Gasteiger partial charge in [-0.2, -0.15) is 13.2 Å². The Bertz CT molecular complexity index is 1020. The van der Waals surface area contributed by atoms with Gasteiger partial charge in [0.1, 0.15) is 0 Å². The van der Waals surface area contributed by atoms with E-state index in [1.165, 1.54) is 23.6 Å². The normalized spacial score (nSPS) is 11.3. The van der Waals surface area contributed by atoms with Crippen molar-refractivity contribution < 1.29 is 18.0 Å². The summed E-state index contributed by atoms with van der Waals surface area (Å²) in [5.74, 6) is -0.272. The number of aryl methyl sites for hydroxylation is 1. The van der Waals surface area contributed by atoms with Gasteiger partial charge in [-0.3, -0.25) is 4.79 Å². The van der Waals surface area contributed by atoms with E-state index in [0.29, 0.717) is 15.6 Å². The van der Waals surface area contributed by atoms with Crippen molar-refractivity contribution in [3.63, 3.8) is 0 Å². The van der Waals surface area contributed by atoms with Gasteiger partial charge in [0.25, 0.3) is 0 Å². The van der Waals surface area contributed by atoms with Crippen LogP contribution in [0.3, 0.4) is 0 Å². The lowest BCUT2D eigenvalue weighted by Crippen LogP contribution is -2.21. The van der Waals surface area contributed by atoms with E-state index < -0.39 is 11.7 Å². The number of amides is 1. The number of alkyl halides is 3. The molecule has 4 nitrogen and oxygen atoms in total. The molecular formula is C20H17ClF3N3OS. The second kappa shape index (κ2) is 8.84. The monoisotopic (exact) mass is 439 g/mol. The van der Waals surface area contributed by atoms with Crippen LogP contribution in [0.4, 0.5) is 24.0 Å². The van der Waals surface area contributed by atoms with Crippen LogP contribution in [0.25, 0.3) is 0 Å². The third-order valence-corrected chi connectivity index (χ3v) is 5.40. The third kappa shape index (κ3) is 5.71. The average Bonchev–Trinajstić information content (AvgIpc) is 3.09. The zero-order chi connectivity index (χ0) is 21.0. The first kappa shape index (κ1) is 21.1. The van der Waals surface area contributed by atoms with Crippen molar-refractivity contribution in [2.45, 2.75) is 19.5 Å². The molecule has 152 valence electrons. The van der Waals surface area contributed by atoms with Crippen LogP contribution in [0.5, 0.6) is 0 Å². The fraction of sp³-hybridized carbons (Fsp3) is 0.200. The maximum Gasteiger partial charge on any atom is 0.416 e. The molecule has 3 aromatic rings. The highest BCUT2D eigenvalue weighted by molar-refractivity contribution is 7.15. The Balaban J connectivity index is 1.61. The second-order valence-corrected chi connectivity index (χ2v) is 7.85. The molecule has 0 radical (unpaired) electrons. The molecule has 9 heteroatoms. The Morgan fingerprint density at radius 1 is 1.21 bits per heavy atom. The van der Waals surface area contributed by atoms with Crippen LogP contribution in [0.1, 0.15) is 21.6 Å². The zero-order valence-electron chi connectivity index (χ0n) is 15.3. The van der Waals surface area contributed by atoms with Gasteiger partial charge in [0, 0.05) is 28.2 Å². The fourth-order valence-corrected chi connectivity index (χ4v) is 3.67. The molecule has 0 saturated heterocycles. The van der Waals surface area contributed by atoms with Crippen LogP contribution in [0, 0.1) is 6.92 Å². The maximum absolute atomic E-state index is 12.9. The molecular weight excluding hydrogens is 423 g/mol. The Labute approximate surface area is 174 Å². The van der Waals surface area contributed by atoms with E-state index in [1.807, 2.05) is 31.2 Å². The molecule has 1 aromatic heterocycles. The van der Waals surface area contributed by atoms with Gasteiger partial charge in [-0.25, -0.2) is 4.98 Å². The summed E-state index contributed by atoms with van der Waals surface area (Å²) in [5, 5.41) is 6.35. The summed E-state index contributed by atoms with van der Waals surface area (Å²) >= 11 is 7.23. The van der Waals surface area contributed by atoms with Crippen LogP contribution in [0.2, 0.25) is 5.02 Å². The Morgan fingerprint density at radius 3 is 2.69 bits per heavy atom. The summed E-state index contributed by atoms with van der Waals surface area (Å²) in [6.45, 7) is 2.01. The molecule has 0 unspecified atom stereocenters. The molecule has 2 aromatic carbocycles. The first-order valence-electron chi connectivity index (χ1n) is 8.62. The molecule has 0 aliphatic heterocycles. The van der Waals surface area contributed by atoms with Crippen molar-refractivity contribution in [2.24, 2.45) is 0 Å². The number of benzene rings is 2. The molecule has 2 N–H and O–H groups in total. The van der Waals surface area contributed by atoms with Gasteiger partial charge < -0.3 is 10.6 Å². The van der Waals surface area contributed by atoms with Gasteiger partial charge in [-0.15, -0.1) is 11.3 Å². The summed E-state index contributed by atoms with van der Waals surface area (Å²) in [7, 11) is 0. The van der Waals surface area contributed by atoms with Crippen molar-refractivity contribution >= 4 is 39.7 Å². The summed E-state index contributed by atoms with van der Waals surface area (Å²) < 4.78 is 38.7. The minimum atomic E-state index is -4.43. The number of nitrogens with zero attached hydrogens (tertiary/aromatic N) is 1. The lowest BCUT2D eigenvalue weighted by molar-refractivity contribution is -0.137. The van der Waals surface area contributed by atoms with Gasteiger partial charge in [0.2, 0.25) is 5.91 Å². The number of anilines is 2. The van der Waals surface area contributed by atoms with Gasteiger partial charge in [-0.1, -0.05) is 29.8 Å². The average molecular weight is 440 g/mol. The topological polar surface area (TPSA) is 54.0 Å². The van der Waals surface area contributed by atoms with E-state index in [9.17, 15) is 18.0 Å². The second-order valence-electron chi connectivity index (χ2n) is 6.33. The fourth-order valence-electron chi connectivity index (χ4n) is 2.63. The number of nitrogens with one attached hydrogen (secondary N) is 2. The van der Waals surface area contributed by atoms with Gasteiger partial charge >= 0.3 is 6.18 Å². The number of para-hydroxylation sites is 1. The van der Waals surface area contributed by atoms with E-state index >= 15 is 0 Å². The highest BCUT2D eigenvalue weighted by Gasteiger charge is 2.30. The van der Waals surface area contributed by atoms with Crippen molar-refractivity contribution in [3.05, 3.63) is 75.3 Å². The number of hydrogen-bond acceptors (Lipinski definition) is 4. The highest BCUT2D eigenvalue weighted by Crippen LogP contribution is 2.33. The van der Waals surface area contributed by atoms with E-state index in [4.69, 9.17) is 11.6 Å². The number of aromatic nitrogens is 1. The van der Waals surface area contributed by atoms with Crippen molar-refractivity contribution in [2.75, 3.05) is 17.2 Å². The van der Waals surface area contributed by atoms with Crippen LogP contribution in [-0.2, 0) is 17.4 Å². The number of carbonyl (C=O) groups excluding carboxylic acids is 1. The largest absolute Gasteiger partial charge is 0.416 e. The number of hydrogen-bond donors (Lipinski definition) is 2. The van der Waals surface area contributed by atoms with Crippen LogP contribution >= 0.6 is 22.9 Å². The minimum Gasteiger partial charge on any atom is -0.376 e. The minimum absolute atomic E-state index is 0.0687. The summed E-state index contributed by atoms with van der Waals surface area (Å²) in [6, 6.07) is 10.8. The number of halogens is 4. The molecule has 3 rings (SSSR count). The molecule has 1 amide bonds. The molecule has 0 aliphatic carbocycles. The van der Waals surface area contributed by atoms with Crippen LogP contribution in [0.15, 0.2) is 48.7 Å².